The highest BCUT2D eigenvalue weighted by molar-refractivity contribution is 9.10. The van der Waals surface area contributed by atoms with Crippen molar-refractivity contribution >= 4 is 33.5 Å². The van der Waals surface area contributed by atoms with Crippen molar-refractivity contribution in [2.75, 3.05) is 6.61 Å². The summed E-state index contributed by atoms with van der Waals surface area (Å²) in [6.07, 6.45) is -1.53. The summed E-state index contributed by atoms with van der Waals surface area (Å²) < 4.78 is 11.7. The molecular formula is C11H12BrClN2O6. The first-order valence-corrected chi connectivity index (χ1v) is 7.16. The van der Waals surface area contributed by atoms with Crippen LogP contribution in [0.5, 0.6) is 0 Å². The highest BCUT2D eigenvalue weighted by Gasteiger charge is 2.46. The predicted octanol–water partition coefficient (Wildman–Crippen LogP) is -0.272. The van der Waals surface area contributed by atoms with Crippen LogP contribution < -0.4 is 11.2 Å². The SMILES string of the molecule is CC(=O)O[C@H]1[C@@H](Cl)[C@H](n2cc(Br)c(=O)[nH]c2=O)O[C@@H]1CO. The van der Waals surface area contributed by atoms with Crippen LogP contribution in [0.4, 0.5) is 0 Å². The topological polar surface area (TPSA) is 111 Å². The van der Waals surface area contributed by atoms with E-state index in [4.69, 9.17) is 21.1 Å². The summed E-state index contributed by atoms with van der Waals surface area (Å²) in [5.74, 6) is -0.580. The first-order chi connectivity index (χ1) is 9.85. The van der Waals surface area contributed by atoms with Crippen LogP contribution in [0.25, 0.3) is 0 Å². The molecule has 0 unspecified atom stereocenters. The number of nitrogens with zero attached hydrogens (tertiary/aromatic N) is 1. The van der Waals surface area contributed by atoms with Crippen molar-refractivity contribution in [3.05, 3.63) is 31.5 Å². The van der Waals surface area contributed by atoms with Gasteiger partial charge in [-0.25, -0.2) is 4.79 Å². The number of aliphatic hydroxyl groups is 1. The fourth-order valence-electron chi connectivity index (χ4n) is 2.05. The number of H-pyrrole nitrogens is 1. The lowest BCUT2D eigenvalue weighted by molar-refractivity contribution is -0.150. The maximum Gasteiger partial charge on any atom is 0.330 e. The highest BCUT2D eigenvalue weighted by Crippen LogP contribution is 2.34. The average Bonchev–Trinajstić information content (AvgIpc) is 2.71. The van der Waals surface area contributed by atoms with E-state index in [0.717, 1.165) is 4.57 Å². The monoisotopic (exact) mass is 382 g/mol. The Kier molecular flexibility index (Phi) is 4.87. The van der Waals surface area contributed by atoms with Gasteiger partial charge in [-0.3, -0.25) is 19.1 Å². The van der Waals surface area contributed by atoms with Gasteiger partial charge in [-0.2, -0.15) is 0 Å². The van der Waals surface area contributed by atoms with Crippen molar-refractivity contribution < 1.29 is 19.4 Å². The van der Waals surface area contributed by atoms with E-state index in [-0.39, 0.29) is 4.47 Å². The van der Waals surface area contributed by atoms with Crippen LogP contribution in [0, 0.1) is 0 Å². The fourth-order valence-corrected chi connectivity index (χ4v) is 2.76. The Bertz CT molecular complexity index is 659. The van der Waals surface area contributed by atoms with Crippen LogP contribution >= 0.6 is 27.5 Å². The maximum atomic E-state index is 11.8. The molecule has 1 saturated heterocycles. The molecule has 1 fully saturated rings. The first kappa shape index (κ1) is 16.2. The zero-order valence-corrected chi connectivity index (χ0v) is 13.1. The normalized spacial score (nSPS) is 28.6. The second-order valence-corrected chi connectivity index (χ2v) is 5.77. The Morgan fingerprint density at radius 3 is 2.86 bits per heavy atom. The van der Waals surface area contributed by atoms with E-state index in [9.17, 15) is 19.5 Å². The number of carbonyl (C=O) groups is 1. The molecule has 0 aromatic carbocycles. The van der Waals surface area contributed by atoms with Crippen molar-refractivity contribution in [3.8, 4) is 0 Å². The summed E-state index contributed by atoms with van der Waals surface area (Å²) in [6.45, 7) is 0.769. The summed E-state index contributed by atoms with van der Waals surface area (Å²) in [5, 5.41) is 8.37. The molecule has 116 valence electrons. The zero-order valence-electron chi connectivity index (χ0n) is 10.8. The quantitative estimate of drug-likeness (QED) is 0.549. The number of hydrogen-bond donors (Lipinski definition) is 2. The van der Waals surface area contributed by atoms with Gasteiger partial charge >= 0.3 is 11.7 Å². The number of aliphatic hydroxyl groups excluding tert-OH is 1. The molecule has 8 nitrogen and oxygen atoms in total. The molecular weight excluding hydrogens is 371 g/mol. The van der Waals surface area contributed by atoms with Gasteiger partial charge in [0.15, 0.2) is 12.3 Å². The summed E-state index contributed by atoms with van der Waals surface area (Å²) in [4.78, 5) is 36.3. The summed E-state index contributed by atoms with van der Waals surface area (Å²) in [6, 6.07) is 0. The number of ether oxygens (including phenoxy) is 2. The van der Waals surface area contributed by atoms with Crippen LogP contribution in [0.3, 0.4) is 0 Å². The summed E-state index contributed by atoms with van der Waals surface area (Å²) >= 11 is 9.18. The fraction of sp³-hybridized carbons (Fsp3) is 0.545. The van der Waals surface area contributed by atoms with Crippen molar-refractivity contribution in [2.24, 2.45) is 0 Å². The summed E-state index contributed by atoms with van der Waals surface area (Å²) in [5.41, 5.74) is -1.31. The molecule has 21 heavy (non-hydrogen) atoms. The molecule has 0 radical (unpaired) electrons. The third-order valence-corrected chi connectivity index (χ3v) is 3.98. The standard InChI is InChI=1S/C11H12BrClN2O6/c1-4(17)20-8-6(3-16)21-10(7(8)13)15-2-5(12)9(18)14-11(15)19/h2,6-8,10,16H,3H2,1H3,(H,14,18,19)/t6-,7-,8-,10-/m1/s1. The Morgan fingerprint density at radius 2 is 2.29 bits per heavy atom. The molecule has 4 atom stereocenters. The number of aromatic nitrogens is 2. The molecule has 0 aliphatic carbocycles. The van der Waals surface area contributed by atoms with Crippen LogP contribution in [-0.2, 0) is 14.3 Å². The van der Waals surface area contributed by atoms with E-state index in [1.807, 2.05) is 0 Å². The molecule has 0 spiro atoms. The Balaban J connectivity index is 2.37. The molecule has 2 rings (SSSR count). The number of rotatable bonds is 3. The molecule has 0 saturated carbocycles. The summed E-state index contributed by atoms with van der Waals surface area (Å²) in [7, 11) is 0. The van der Waals surface area contributed by atoms with Gasteiger partial charge in [-0.1, -0.05) is 0 Å². The van der Waals surface area contributed by atoms with Crippen molar-refractivity contribution in [1.82, 2.24) is 9.55 Å². The molecule has 0 bridgehead atoms. The van der Waals surface area contributed by atoms with E-state index in [0.29, 0.717) is 0 Å². The average molecular weight is 384 g/mol. The maximum absolute atomic E-state index is 11.8. The van der Waals surface area contributed by atoms with Crippen molar-refractivity contribution in [2.45, 2.75) is 30.7 Å². The Labute approximate surface area is 131 Å². The Morgan fingerprint density at radius 1 is 1.62 bits per heavy atom. The van der Waals surface area contributed by atoms with Gasteiger partial charge in [0.05, 0.1) is 11.1 Å². The van der Waals surface area contributed by atoms with Crippen molar-refractivity contribution in [1.29, 1.82) is 0 Å². The number of carbonyl (C=O) groups excluding carboxylic acids is 1. The van der Waals surface area contributed by atoms with Gasteiger partial charge in [0.2, 0.25) is 0 Å². The Hall–Kier alpha value is -1.16. The van der Waals surface area contributed by atoms with Crippen LogP contribution in [0.15, 0.2) is 20.3 Å². The second kappa shape index (κ2) is 6.30. The smallest absolute Gasteiger partial charge is 0.330 e. The van der Waals surface area contributed by atoms with E-state index in [2.05, 4.69) is 20.9 Å². The van der Waals surface area contributed by atoms with Crippen LogP contribution in [0.1, 0.15) is 13.2 Å². The van der Waals surface area contributed by atoms with E-state index in [1.54, 1.807) is 0 Å². The largest absolute Gasteiger partial charge is 0.458 e. The number of hydrogen-bond acceptors (Lipinski definition) is 6. The lowest BCUT2D eigenvalue weighted by Crippen LogP contribution is -2.37. The third-order valence-electron chi connectivity index (χ3n) is 2.95. The molecule has 10 heteroatoms. The predicted molar refractivity (Wildman–Crippen MR) is 75.2 cm³/mol. The van der Waals surface area contributed by atoms with E-state index in [1.165, 1.54) is 13.1 Å². The minimum absolute atomic E-state index is 0.117. The first-order valence-electron chi connectivity index (χ1n) is 5.93. The third kappa shape index (κ3) is 3.20. The van der Waals surface area contributed by atoms with Gasteiger partial charge in [-0.05, 0) is 15.9 Å². The van der Waals surface area contributed by atoms with E-state index >= 15 is 0 Å². The number of alkyl halides is 1. The minimum atomic E-state index is -0.992. The molecule has 2 heterocycles. The molecule has 1 aromatic rings. The van der Waals surface area contributed by atoms with Crippen molar-refractivity contribution in [3.63, 3.8) is 0 Å². The molecule has 1 aliphatic heterocycles. The highest BCUT2D eigenvalue weighted by atomic mass is 79.9. The molecule has 2 N–H and O–H groups in total. The van der Waals surface area contributed by atoms with Gasteiger partial charge in [0, 0.05) is 13.1 Å². The molecule has 1 aromatic heterocycles. The minimum Gasteiger partial charge on any atom is -0.458 e. The molecule has 0 amide bonds. The number of esters is 1. The number of halogens is 2. The lowest BCUT2D eigenvalue weighted by Gasteiger charge is -2.18. The van der Waals surface area contributed by atoms with Gasteiger partial charge in [0.25, 0.3) is 5.56 Å². The second-order valence-electron chi connectivity index (χ2n) is 4.41. The zero-order chi connectivity index (χ0) is 15.7. The van der Waals surface area contributed by atoms with E-state index < -0.39 is 47.6 Å². The van der Waals surface area contributed by atoms with Gasteiger partial charge in [-0.15, -0.1) is 11.6 Å². The van der Waals surface area contributed by atoms with Gasteiger partial charge in [0.1, 0.15) is 11.5 Å². The number of aromatic amines is 1. The van der Waals surface area contributed by atoms with Gasteiger partial charge < -0.3 is 14.6 Å². The van der Waals surface area contributed by atoms with Crippen LogP contribution in [-0.4, -0.2) is 44.8 Å². The van der Waals surface area contributed by atoms with Crippen LogP contribution in [0.2, 0.25) is 0 Å². The molecule has 1 aliphatic rings. The number of nitrogens with one attached hydrogen (secondary N) is 1. The lowest BCUT2D eigenvalue weighted by atomic mass is 10.2.